The van der Waals surface area contributed by atoms with E-state index >= 15 is 0 Å². The Labute approximate surface area is 169 Å². The predicted octanol–water partition coefficient (Wildman–Crippen LogP) is 4.69. The highest BCUT2D eigenvalue weighted by Crippen LogP contribution is 2.68. The first kappa shape index (κ1) is 20.4. The first-order valence-corrected chi connectivity index (χ1v) is 11.6. The Morgan fingerprint density at radius 3 is 2.64 bits per heavy atom. The highest BCUT2D eigenvalue weighted by molar-refractivity contribution is 5.79. The normalized spacial score (nSPS) is 49.1. The van der Waals surface area contributed by atoms with Crippen LogP contribution < -0.4 is 0 Å². The van der Waals surface area contributed by atoms with Crippen LogP contribution >= 0.6 is 0 Å². The number of carboxylic acids is 1. The lowest BCUT2D eigenvalue weighted by Gasteiger charge is -2.62. The van der Waals surface area contributed by atoms with E-state index in [0.29, 0.717) is 47.7 Å². The molecule has 0 spiro atoms. The summed E-state index contributed by atoms with van der Waals surface area (Å²) in [5.74, 6) is 2.76. The molecule has 0 aromatic heterocycles. The summed E-state index contributed by atoms with van der Waals surface area (Å²) in [6.45, 7) is 6.93. The van der Waals surface area contributed by atoms with Gasteiger partial charge >= 0.3 is 5.97 Å². The Bertz CT molecular complexity index is 645. The molecule has 0 heterocycles. The minimum absolute atomic E-state index is 0.0766. The van der Waals surface area contributed by atoms with Crippen molar-refractivity contribution in [1.82, 2.24) is 0 Å². The Morgan fingerprint density at radius 2 is 1.93 bits per heavy atom. The number of carboxylic acid groups (broad SMARTS) is 1. The van der Waals surface area contributed by atoms with Gasteiger partial charge in [-0.05, 0) is 91.3 Å². The zero-order valence-corrected chi connectivity index (χ0v) is 17.8. The summed E-state index contributed by atoms with van der Waals surface area (Å²) < 4.78 is 0. The molecule has 4 aliphatic carbocycles. The zero-order chi connectivity index (χ0) is 20.3. The van der Waals surface area contributed by atoms with Crippen molar-refractivity contribution in [2.45, 2.75) is 91.1 Å². The standard InChI is InChI=1S/C24H38O4/c1-14(4-9-22(27)28)18-7-8-19-17-6-5-15-12-16(25)10-11-23(15,2)20(17)13-21(26)24(18,19)3/h14-15,17-21,26H,4-13H2,1-3H3,(H,27,28)/t14-,15?,17?,18?,19?,20?,21+,23+,24-/m1/s1. The number of aliphatic hydroxyl groups excluding tert-OH is 1. The van der Waals surface area contributed by atoms with E-state index in [0.717, 1.165) is 32.1 Å². The van der Waals surface area contributed by atoms with Gasteiger partial charge in [0.15, 0.2) is 0 Å². The summed E-state index contributed by atoms with van der Waals surface area (Å²) >= 11 is 0. The number of fused-ring (bicyclic) bond motifs is 5. The molecule has 0 saturated heterocycles. The number of carbonyl (C=O) groups is 2. The molecule has 0 bridgehead atoms. The number of aliphatic carboxylic acids is 1. The molecule has 0 aliphatic heterocycles. The third-order valence-electron chi connectivity index (χ3n) is 10.2. The van der Waals surface area contributed by atoms with E-state index in [1.54, 1.807) is 0 Å². The van der Waals surface area contributed by atoms with E-state index in [9.17, 15) is 14.7 Å². The molecule has 0 amide bonds. The fourth-order valence-corrected chi connectivity index (χ4v) is 8.52. The summed E-state index contributed by atoms with van der Waals surface area (Å²) in [7, 11) is 0. The van der Waals surface area contributed by atoms with Crippen molar-refractivity contribution in [3.05, 3.63) is 0 Å². The summed E-state index contributed by atoms with van der Waals surface area (Å²) in [6.07, 6.45) is 8.69. The lowest BCUT2D eigenvalue weighted by atomic mass is 9.44. The first-order chi connectivity index (χ1) is 13.2. The van der Waals surface area contributed by atoms with Gasteiger partial charge in [-0.25, -0.2) is 0 Å². The van der Waals surface area contributed by atoms with E-state index < -0.39 is 5.97 Å². The Morgan fingerprint density at radius 1 is 1.18 bits per heavy atom. The van der Waals surface area contributed by atoms with Gasteiger partial charge in [-0.1, -0.05) is 20.8 Å². The van der Waals surface area contributed by atoms with Crippen molar-refractivity contribution >= 4 is 11.8 Å². The molecule has 4 heteroatoms. The van der Waals surface area contributed by atoms with Gasteiger partial charge in [0.1, 0.15) is 5.78 Å². The van der Waals surface area contributed by atoms with E-state index in [4.69, 9.17) is 5.11 Å². The molecule has 0 aromatic carbocycles. The molecule has 4 aliphatic rings. The monoisotopic (exact) mass is 390 g/mol. The lowest BCUT2D eigenvalue weighted by Crippen LogP contribution is -2.58. The second kappa shape index (κ2) is 7.11. The van der Waals surface area contributed by atoms with Crippen LogP contribution in [-0.2, 0) is 9.59 Å². The van der Waals surface area contributed by atoms with Gasteiger partial charge in [-0.3, -0.25) is 9.59 Å². The molecule has 5 unspecified atom stereocenters. The van der Waals surface area contributed by atoms with Crippen LogP contribution in [0, 0.1) is 46.3 Å². The van der Waals surface area contributed by atoms with Crippen LogP contribution in [0.5, 0.6) is 0 Å². The van der Waals surface area contributed by atoms with Crippen molar-refractivity contribution in [2.75, 3.05) is 0 Å². The van der Waals surface area contributed by atoms with Gasteiger partial charge in [0.2, 0.25) is 0 Å². The summed E-state index contributed by atoms with van der Waals surface area (Å²) in [4.78, 5) is 23.1. The quantitative estimate of drug-likeness (QED) is 0.730. The van der Waals surface area contributed by atoms with Gasteiger partial charge in [0.25, 0.3) is 0 Å². The van der Waals surface area contributed by atoms with Crippen molar-refractivity contribution in [2.24, 2.45) is 46.3 Å². The van der Waals surface area contributed by atoms with Crippen molar-refractivity contribution < 1.29 is 19.8 Å². The second-order valence-electron chi connectivity index (χ2n) is 11.1. The molecule has 158 valence electrons. The number of rotatable bonds is 4. The smallest absolute Gasteiger partial charge is 0.303 e. The average molecular weight is 391 g/mol. The van der Waals surface area contributed by atoms with Crippen molar-refractivity contribution in [1.29, 1.82) is 0 Å². The average Bonchev–Trinajstić information content (AvgIpc) is 3.00. The predicted molar refractivity (Wildman–Crippen MR) is 108 cm³/mol. The van der Waals surface area contributed by atoms with Crippen LogP contribution in [0.4, 0.5) is 0 Å². The Balaban J connectivity index is 1.57. The minimum Gasteiger partial charge on any atom is -0.481 e. The summed E-state index contributed by atoms with van der Waals surface area (Å²) in [6, 6.07) is 0. The maximum absolute atomic E-state index is 12.1. The van der Waals surface area contributed by atoms with Gasteiger partial charge in [0, 0.05) is 19.3 Å². The largest absolute Gasteiger partial charge is 0.481 e. The maximum atomic E-state index is 12.1. The number of hydrogen-bond acceptors (Lipinski definition) is 3. The van der Waals surface area contributed by atoms with Gasteiger partial charge in [-0.15, -0.1) is 0 Å². The molecular weight excluding hydrogens is 352 g/mol. The fraction of sp³-hybridized carbons (Fsp3) is 0.917. The fourth-order valence-electron chi connectivity index (χ4n) is 8.52. The number of hydrogen-bond donors (Lipinski definition) is 2. The summed E-state index contributed by atoms with van der Waals surface area (Å²) in [5, 5.41) is 20.5. The highest BCUT2D eigenvalue weighted by Gasteiger charge is 2.63. The zero-order valence-electron chi connectivity index (χ0n) is 17.8. The third-order valence-corrected chi connectivity index (χ3v) is 10.2. The van der Waals surface area contributed by atoms with Gasteiger partial charge < -0.3 is 10.2 Å². The topological polar surface area (TPSA) is 74.6 Å². The second-order valence-corrected chi connectivity index (χ2v) is 11.1. The third kappa shape index (κ3) is 2.97. The Kier molecular flexibility index (Phi) is 5.17. The number of aliphatic hydroxyl groups is 1. The molecule has 2 N–H and O–H groups in total. The molecule has 0 radical (unpaired) electrons. The minimum atomic E-state index is -0.714. The molecular formula is C24H38O4. The summed E-state index contributed by atoms with van der Waals surface area (Å²) in [5.41, 5.74) is 0.138. The van der Waals surface area contributed by atoms with Crippen LogP contribution in [0.3, 0.4) is 0 Å². The van der Waals surface area contributed by atoms with E-state index in [1.165, 1.54) is 19.3 Å². The molecule has 4 saturated carbocycles. The van der Waals surface area contributed by atoms with Crippen LogP contribution in [-0.4, -0.2) is 28.1 Å². The number of Topliss-reactive ketones (excluding diaryl/α,β-unsaturated/α-hetero) is 1. The number of ketones is 1. The molecule has 28 heavy (non-hydrogen) atoms. The molecule has 9 atom stereocenters. The lowest BCUT2D eigenvalue weighted by molar-refractivity contribution is -0.171. The molecule has 4 nitrogen and oxygen atoms in total. The number of carbonyl (C=O) groups excluding carboxylic acids is 1. The highest BCUT2D eigenvalue weighted by atomic mass is 16.4. The van der Waals surface area contributed by atoms with Crippen LogP contribution in [0.25, 0.3) is 0 Å². The Hall–Kier alpha value is -0.900. The van der Waals surface area contributed by atoms with E-state index in [1.807, 2.05) is 0 Å². The SMILES string of the molecule is C[C@H](CCC(=O)O)C1CCC2C3CCC4CC(=O)CC[C@]4(C)C3C[C@H](O)[C@@]21C. The van der Waals surface area contributed by atoms with E-state index in [2.05, 4.69) is 20.8 Å². The molecule has 4 rings (SSSR count). The van der Waals surface area contributed by atoms with E-state index in [-0.39, 0.29) is 23.4 Å². The molecule has 4 fully saturated rings. The van der Waals surface area contributed by atoms with Crippen molar-refractivity contribution in [3.8, 4) is 0 Å². The van der Waals surface area contributed by atoms with Gasteiger partial charge in [0.05, 0.1) is 6.10 Å². The van der Waals surface area contributed by atoms with Crippen LogP contribution in [0.2, 0.25) is 0 Å². The maximum Gasteiger partial charge on any atom is 0.303 e. The van der Waals surface area contributed by atoms with Gasteiger partial charge in [-0.2, -0.15) is 0 Å². The van der Waals surface area contributed by atoms with Crippen LogP contribution in [0.15, 0.2) is 0 Å². The van der Waals surface area contributed by atoms with Crippen LogP contribution in [0.1, 0.15) is 85.0 Å². The molecule has 0 aromatic rings. The first-order valence-electron chi connectivity index (χ1n) is 11.6. The van der Waals surface area contributed by atoms with Crippen molar-refractivity contribution in [3.63, 3.8) is 0 Å².